The fourth-order valence-corrected chi connectivity index (χ4v) is 1.91. The number of hydrogen-bond donors (Lipinski definition) is 0. The maximum atomic E-state index is 13.0. The van der Waals surface area contributed by atoms with E-state index in [4.69, 9.17) is 4.74 Å². The first-order chi connectivity index (χ1) is 7.12. The van der Waals surface area contributed by atoms with E-state index in [1.807, 2.05) is 0 Å². The van der Waals surface area contributed by atoms with Crippen molar-refractivity contribution in [3.63, 3.8) is 0 Å². The standard InChI is InChI=1S/C11H8F2O2/c12-7-3-6-9(4-8(7)13)15-5-11(1-2-11)10(6)14/h3-4H,1-2,5H2. The molecule has 0 radical (unpaired) electrons. The molecule has 0 N–H and O–H groups in total. The summed E-state index contributed by atoms with van der Waals surface area (Å²) in [6.45, 7) is 0.296. The van der Waals surface area contributed by atoms with Gasteiger partial charge in [-0.1, -0.05) is 0 Å². The first-order valence-corrected chi connectivity index (χ1v) is 4.79. The van der Waals surface area contributed by atoms with Crippen LogP contribution in [0.15, 0.2) is 12.1 Å². The molecule has 1 aromatic rings. The first kappa shape index (κ1) is 8.83. The molecule has 2 aliphatic rings. The van der Waals surface area contributed by atoms with E-state index < -0.39 is 17.0 Å². The SMILES string of the molecule is O=C1c2cc(F)c(F)cc2OCC12CC2. The fraction of sp³-hybridized carbons (Fsp3) is 0.364. The van der Waals surface area contributed by atoms with Gasteiger partial charge in [-0.05, 0) is 18.9 Å². The summed E-state index contributed by atoms with van der Waals surface area (Å²) >= 11 is 0. The van der Waals surface area contributed by atoms with Gasteiger partial charge in [-0.25, -0.2) is 8.78 Å². The molecule has 0 bridgehead atoms. The van der Waals surface area contributed by atoms with E-state index in [-0.39, 0.29) is 17.1 Å². The molecule has 0 unspecified atom stereocenters. The van der Waals surface area contributed by atoms with Crippen LogP contribution in [-0.2, 0) is 0 Å². The number of benzene rings is 1. The molecule has 15 heavy (non-hydrogen) atoms. The van der Waals surface area contributed by atoms with Gasteiger partial charge in [-0.2, -0.15) is 0 Å². The highest BCUT2D eigenvalue weighted by Gasteiger charge is 2.53. The van der Waals surface area contributed by atoms with Crippen LogP contribution in [0.1, 0.15) is 23.2 Å². The van der Waals surface area contributed by atoms with E-state index in [2.05, 4.69) is 0 Å². The maximum Gasteiger partial charge on any atom is 0.176 e. The van der Waals surface area contributed by atoms with Gasteiger partial charge in [0.25, 0.3) is 0 Å². The molecule has 1 fully saturated rings. The molecule has 1 saturated carbocycles. The first-order valence-electron chi connectivity index (χ1n) is 4.79. The van der Waals surface area contributed by atoms with Crippen LogP contribution in [0.4, 0.5) is 8.78 Å². The predicted octanol–water partition coefficient (Wildman–Crippen LogP) is 2.32. The van der Waals surface area contributed by atoms with Gasteiger partial charge in [0, 0.05) is 6.07 Å². The molecule has 1 spiro atoms. The Bertz CT molecular complexity index is 464. The van der Waals surface area contributed by atoms with Crippen molar-refractivity contribution in [2.75, 3.05) is 6.61 Å². The third-order valence-corrected chi connectivity index (χ3v) is 3.11. The highest BCUT2D eigenvalue weighted by molar-refractivity contribution is 6.05. The lowest BCUT2D eigenvalue weighted by molar-refractivity contribution is 0.0796. The van der Waals surface area contributed by atoms with Crippen molar-refractivity contribution in [2.45, 2.75) is 12.8 Å². The lowest BCUT2D eigenvalue weighted by Gasteiger charge is -2.23. The van der Waals surface area contributed by atoms with Gasteiger partial charge in [0.15, 0.2) is 17.4 Å². The molecule has 0 saturated heterocycles. The fourth-order valence-electron chi connectivity index (χ4n) is 1.91. The molecule has 1 aromatic carbocycles. The molecule has 4 heteroatoms. The molecule has 1 aliphatic carbocycles. The van der Waals surface area contributed by atoms with Crippen LogP contribution in [0.2, 0.25) is 0 Å². The average molecular weight is 210 g/mol. The molecule has 1 heterocycles. The second-order valence-corrected chi connectivity index (χ2v) is 4.16. The van der Waals surface area contributed by atoms with Crippen LogP contribution in [0.5, 0.6) is 5.75 Å². The van der Waals surface area contributed by atoms with Gasteiger partial charge in [0.2, 0.25) is 0 Å². The third kappa shape index (κ3) is 1.11. The van der Waals surface area contributed by atoms with E-state index in [0.29, 0.717) is 6.61 Å². The van der Waals surface area contributed by atoms with Gasteiger partial charge < -0.3 is 4.74 Å². The lowest BCUT2D eigenvalue weighted by atomic mass is 9.92. The van der Waals surface area contributed by atoms with Crippen molar-refractivity contribution in [2.24, 2.45) is 5.41 Å². The Morgan fingerprint density at radius 2 is 1.87 bits per heavy atom. The molecule has 1 aliphatic heterocycles. The van der Waals surface area contributed by atoms with E-state index in [0.717, 1.165) is 25.0 Å². The van der Waals surface area contributed by atoms with Crippen LogP contribution < -0.4 is 4.74 Å². The quantitative estimate of drug-likeness (QED) is 0.656. The van der Waals surface area contributed by atoms with Crippen molar-refractivity contribution < 1.29 is 18.3 Å². The van der Waals surface area contributed by atoms with Gasteiger partial charge in [0.1, 0.15) is 12.4 Å². The van der Waals surface area contributed by atoms with Crippen LogP contribution in [-0.4, -0.2) is 12.4 Å². The number of carbonyl (C=O) groups is 1. The van der Waals surface area contributed by atoms with E-state index in [9.17, 15) is 13.6 Å². The van der Waals surface area contributed by atoms with Crippen LogP contribution >= 0.6 is 0 Å². The molecule has 78 valence electrons. The minimum atomic E-state index is -0.997. The van der Waals surface area contributed by atoms with E-state index >= 15 is 0 Å². The molecular formula is C11H8F2O2. The lowest BCUT2D eigenvalue weighted by Crippen LogP contribution is -2.29. The molecule has 2 nitrogen and oxygen atoms in total. The molecule has 3 rings (SSSR count). The van der Waals surface area contributed by atoms with Crippen molar-refractivity contribution >= 4 is 5.78 Å². The predicted molar refractivity (Wildman–Crippen MR) is 47.9 cm³/mol. The van der Waals surface area contributed by atoms with Crippen molar-refractivity contribution in [1.82, 2.24) is 0 Å². The van der Waals surface area contributed by atoms with Crippen LogP contribution in [0.25, 0.3) is 0 Å². The summed E-state index contributed by atoms with van der Waals surface area (Å²) in [5.74, 6) is -1.92. The summed E-state index contributed by atoms with van der Waals surface area (Å²) in [5, 5.41) is 0. The van der Waals surface area contributed by atoms with E-state index in [1.54, 1.807) is 0 Å². The van der Waals surface area contributed by atoms with Gasteiger partial charge in [-0.3, -0.25) is 4.79 Å². The zero-order valence-corrected chi connectivity index (χ0v) is 7.85. The minimum Gasteiger partial charge on any atom is -0.492 e. The normalized spacial score (nSPS) is 21.1. The molecule has 0 aromatic heterocycles. The molecule has 0 atom stereocenters. The smallest absolute Gasteiger partial charge is 0.176 e. The monoisotopic (exact) mass is 210 g/mol. The van der Waals surface area contributed by atoms with Gasteiger partial charge >= 0.3 is 0 Å². The highest BCUT2D eigenvalue weighted by Crippen LogP contribution is 2.52. The van der Waals surface area contributed by atoms with E-state index in [1.165, 1.54) is 0 Å². The number of ketones is 1. The Balaban J connectivity index is 2.15. The Labute approximate surface area is 84.9 Å². The molecular weight excluding hydrogens is 202 g/mol. The third-order valence-electron chi connectivity index (χ3n) is 3.11. The maximum absolute atomic E-state index is 13.0. The summed E-state index contributed by atoms with van der Waals surface area (Å²) in [6.07, 6.45) is 1.56. The minimum absolute atomic E-state index is 0.109. The van der Waals surface area contributed by atoms with Crippen LogP contribution in [0.3, 0.4) is 0 Å². The van der Waals surface area contributed by atoms with Crippen molar-refractivity contribution in [3.8, 4) is 5.75 Å². The van der Waals surface area contributed by atoms with Crippen molar-refractivity contribution in [3.05, 3.63) is 29.3 Å². The second-order valence-electron chi connectivity index (χ2n) is 4.16. The summed E-state index contributed by atoms with van der Waals surface area (Å²) in [6, 6.07) is 1.88. The number of halogens is 2. The summed E-state index contributed by atoms with van der Waals surface area (Å²) in [4.78, 5) is 11.9. The highest BCUT2D eigenvalue weighted by atomic mass is 19.2. The Kier molecular flexibility index (Phi) is 1.51. The number of hydrogen-bond acceptors (Lipinski definition) is 2. The number of fused-ring (bicyclic) bond motifs is 1. The zero-order valence-electron chi connectivity index (χ0n) is 7.85. The van der Waals surface area contributed by atoms with Gasteiger partial charge in [-0.15, -0.1) is 0 Å². The number of ether oxygens (including phenoxy) is 1. The Morgan fingerprint density at radius 1 is 1.20 bits per heavy atom. The number of Topliss-reactive ketones (excluding diaryl/α,β-unsaturated/α-hetero) is 1. The topological polar surface area (TPSA) is 26.3 Å². The molecule has 0 amide bonds. The summed E-state index contributed by atoms with van der Waals surface area (Å²) in [5.41, 5.74) is -0.255. The number of rotatable bonds is 0. The zero-order chi connectivity index (χ0) is 10.6. The average Bonchev–Trinajstić information content (AvgIpc) is 2.97. The number of carbonyl (C=O) groups excluding carboxylic acids is 1. The van der Waals surface area contributed by atoms with Crippen molar-refractivity contribution in [1.29, 1.82) is 0 Å². The van der Waals surface area contributed by atoms with Crippen LogP contribution in [0, 0.1) is 17.0 Å². The Morgan fingerprint density at radius 3 is 2.53 bits per heavy atom. The second kappa shape index (κ2) is 2.56. The summed E-state index contributed by atoms with van der Waals surface area (Å²) in [7, 11) is 0. The summed E-state index contributed by atoms with van der Waals surface area (Å²) < 4.78 is 31.1. The largest absolute Gasteiger partial charge is 0.492 e. The Hall–Kier alpha value is -1.45. The van der Waals surface area contributed by atoms with Gasteiger partial charge in [0.05, 0.1) is 11.0 Å².